The van der Waals surface area contributed by atoms with Crippen molar-refractivity contribution in [1.29, 1.82) is 0 Å². The molecule has 20 heavy (non-hydrogen) atoms. The van der Waals surface area contributed by atoms with Gasteiger partial charge in [0, 0.05) is 5.56 Å². The third kappa shape index (κ3) is 6.70. The highest BCUT2D eigenvalue weighted by atomic mass is 28.3. The van der Waals surface area contributed by atoms with Gasteiger partial charge in [0.25, 0.3) is 0 Å². The number of rotatable bonds is 0. The van der Waals surface area contributed by atoms with Crippen LogP contribution in [-0.2, 0) is 0 Å². The van der Waals surface area contributed by atoms with E-state index in [2.05, 4.69) is 54.8 Å². The summed E-state index contributed by atoms with van der Waals surface area (Å²) >= 11 is 0. The lowest BCUT2D eigenvalue weighted by Crippen LogP contribution is -2.16. The predicted molar refractivity (Wildman–Crippen MR) is 90.6 cm³/mol. The Morgan fingerprint density at radius 3 is 2.10 bits per heavy atom. The Labute approximate surface area is 124 Å². The monoisotopic (exact) mass is 276 g/mol. The Hall–Kier alpha value is -2.14. The van der Waals surface area contributed by atoms with Gasteiger partial charge in [-0.25, -0.2) is 0 Å². The Morgan fingerprint density at radius 1 is 0.900 bits per heavy atom. The maximum atomic E-state index is 3.23. The summed E-state index contributed by atoms with van der Waals surface area (Å²) in [4.78, 5) is 0. The van der Waals surface area contributed by atoms with Crippen molar-refractivity contribution in [3.8, 4) is 35.1 Å². The second-order valence-electron chi connectivity index (χ2n) is 5.74. The molecule has 1 rings (SSSR count). The normalized spacial score (nSPS) is 9.05. The minimum Gasteiger partial charge on any atom is -0.118 e. The molecule has 0 aliphatic rings. The van der Waals surface area contributed by atoms with Crippen LogP contribution in [0.3, 0.4) is 0 Å². The molecular formula is C19H20Si. The molecule has 0 heterocycles. The molecule has 100 valence electrons. The zero-order valence-corrected chi connectivity index (χ0v) is 13.9. The van der Waals surface area contributed by atoms with Gasteiger partial charge < -0.3 is 0 Å². The van der Waals surface area contributed by atoms with Crippen molar-refractivity contribution in [1.82, 2.24) is 0 Å². The van der Waals surface area contributed by atoms with E-state index in [1.54, 1.807) is 0 Å². The van der Waals surface area contributed by atoms with E-state index in [9.17, 15) is 0 Å². The van der Waals surface area contributed by atoms with Crippen molar-refractivity contribution in [3.63, 3.8) is 0 Å². The molecule has 1 heteroatoms. The van der Waals surface area contributed by atoms with Gasteiger partial charge in [0.15, 0.2) is 0 Å². The van der Waals surface area contributed by atoms with E-state index in [1.807, 2.05) is 44.2 Å². The van der Waals surface area contributed by atoms with E-state index in [4.69, 9.17) is 0 Å². The lowest BCUT2D eigenvalue weighted by atomic mass is 10.1. The molecule has 0 fully saturated rings. The highest BCUT2D eigenvalue weighted by molar-refractivity contribution is 6.83. The van der Waals surface area contributed by atoms with Gasteiger partial charge in [0.05, 0.1) is 5.57 Å². The van der Waals surface area contributed by atoms with E-state index in [0.717, 1.165) is 16.7 Å². The third-order valence-electron chi connectivity index (χ3n) is 2.29. The zero-order valence-electron chi connectivity index (χ0n) is 12.9. The van der Waals surface area contributed by atoms with Crippen LogP contribution < -0.4 is 0 Å². The molecule has 0 aliphatic heterocycles. The molecule has 0 aromatic heterocycles. The predicted octanol–water partition coefficient (Wildman–Crippen LogP) is 4.26. The average molecular weight is 276 g/mol. The molecule has 0 radical (unpaired) electrons. The van der Waals surface area contributed by atoms with Gasteiger partial charge in [-0.3, -0.25) is 0 Å². The highest BCUT2D eigenvalue weighted by Gasteiger charge is 2.06. The molecule has 1 aromatic carbocycles. The summed E-state index contributed by atoms with van der Waals surface area (Å²) < 4.78 is 0. The molecular weight excluding hydrogens is 256 g/mol. The molecule has 0 aliphatic carbocycles. The fourth-order valence-corrected chi connectivity index (χ4v) is 1.69. The first-order valence-corrected chi connectivity index (χ1v) is 10.2. The van der Waals surface area contributed by atoms with Crippen molar-refractivity contribution in [3.05, 3.63) is 47.0 Å². The number of allylic oxidation sites excluding steroid dienone is 2. The van der Waals surface area contributed by atoms with Crippen LogP contribution in [0.2, 0.25) is 19.6 Å². The van der Waals surface area contributed by atoms with Gasteiger partial charge in [-0.2, -0.15) is 0 Å². The summed E-state index contributed by atoms with van der Waals surface area (Å²) in [5, 5.41) is 0. The second-order valence-corrected chi connectivity index (χ2v) is 10.5. The maximum Gasteiger partial charge on any atom is 0.130 e. The smallest absolute Gasteiger partial charge is 0.118 e. The van der Waals surface area contributed by atoms with E-state index >= 15 is 0 Å². The minimum absolute atomic E-state index is 0.860. The first-order chi connectivity index (χ1) is 9.38. The van der Waals surface area contributed by atoms with Gasteiger partial charge in [-0.15, -0.1) is 5.54 Å². The van der Waals surface area contributed by atoms with Crippen molar-refractivity contribution in [2.75, 3.05) is 0 Å². The standard InChI is InChI=1S/C19H20Si/c1-17(2)19(13-9-10-16-20(3,4)5)15-14-18-11-7-6-8-12-18/h6-8,11-12H,1-5H3. The van der Waals surface area contributed by atoms with Crippen LogP contribution in [-0.4, -0.2) is 8.07 Å². The lowest BCUT2D eigenvalue weighted by Gasteiger charge is -2.01. The number of hydrogen-bond acceptors (Lipinski definition) is 0. The van der Waals surface area contributed by atoms with Gasteiger partial charge in [0.1, 0.15) is 8.07 Å². The Kier molecular flexibility index (Phi) is 5.93. The van der Waals surface area contributed by atoms with Crippen molar-refractivity contribution >= 4 is 8.07 Å². The molecule has 0 amide bonds. The maximum absolute atomic E-state index is 3.23. The molecule has 0 saturated carbocycles. The molecule has 0 N–H and O–H groups in total. The van der Waals surface area contributed by atoms with Crippen LogP contribution >= 0.6 is 0 Å². The fraction of sp³-hybridized carbons (Fsp3) is 0.263. The van der Waals surface area contributed by atoms with Gasteiger partial charge in [0.2, 0.25) is 0 Å². The first kappa shape index (κ1) is 15.9. The summed E-state index contributed by atoms with van der Waals surface area (Å²) in [5.74, 6) is 15.2. The van der Waals surface area contributed by atoms with E-state index in [1.165, 1.54) is 0 Å². The lowest BCUT2D eigenvalue weighted by molar-refractivity contribution is 1.37. The Bertz CT molecular complexity index is 662. The summed E-state index contributed by atoms with van der Waals surface area (Å²) in [6, 6.07) is 9.94. The van der Waals surface area contributed by atoms with Crippen LogP contribution in [0.15, 0.2) is 41.5 Å². The average Bonchev–Trinajstić information content (AvgIpc) is 2.37. The van der Waals surface area contributed by atoms with Gasteiger partial charge in [-0.1, -0.05) is 55.3 Å². The van der Waals surface area contributed by atoms with E-state index < -0.39 is 8.07 Å². The van der Waals surface area contributed by atoms with E-state index in [0.29, 0.717) is 0 Å². The SMILES string of the molecule is CC(C)=C(C#CC#C[Si](C)(C)C)C#Cc1ccccc1. The van der Waals surface area contributed by atoms with Crippen LogP contribution in [0, 0.1) is 35.1 Å². The van der Waals surface area contributed by atoms with Crippen LogP contribution in [0.5, 0.6) is 0 Å². The number of hydrogen-bond donors (Lipinski definition) is 0. The summed E-state index contributed by atoms with van der Waals surface area (Å²) in [6.07, 6.45) is 0. The molecule has 0 nitrogen and oxygen atoms in total. The van der Waals surface area contributed by atoms with Crippen LogP contribution in [0.1, 0.15) is 19.4 Å². The first-order valence-electron chi connectivity index (χ1n) is 6.66. The second kappa shape index (κ2) is 7.45. The molecule has 1 aromatic rings. The van der Waals surface area contributed by atoms with Gasteiger partial charge in [-0.05, 0) is 43.7 Å². The van der Waals surface area contributed by atoms with Crippen LogP contribution in [0.4, 0.5) is 0 Å². The summed E-state index contributed by atoms with van der Waals surface area (Å²) in [6.45, 7) is 10.7. The van der Waals surface area contributed by atoms with Crippen molar-refractivity contribution in [2.24, 2.45) is 0 Å². The van der Waals surface area contributed by atoms with Crippen LogP contribution in [0.25, 0.3) is 0 Å². The molecule has 0 atom stereocenters. The molecule has 0 unspecified atom stereocenters. The zero-order chi connectivity index (χ0) is 15.0. The van der Waals surface area contributed by atoms with E-state index in [-0.39, 0.29) is 0 Å². The third-order valence-corrected chi connectivity index (χ3v) is 3.17. The quantitative estimate of drug-likeness (QED) is 0.490. The largest absolute Gasteiger partial charge is 0.130 e. The Balaban J connectivity index is 2.95. The summed E-state index contributed by atoms with van der Waals surface area (Å²) in [7, 11) is -1.34. The topological polar surface area (TPSA) is 0 Å². The van der Waals surface area contributed by atoms with Gasteiger partial charge >= 0.3 is 0 Å². The molecule has 0 saturated heterocycles. The minimum atomic E-state index is -1.34. The fourth-order valence-electron chi connectivity index (χ4n) is 1.25. The molecule has 0 spiro atoms. The number of benzene rings is 1. The van der Waals surface area contributed by atoms with Crippen molar-refractivity contribution < 1.29 is 0 Å². The Morgan fingerprint density at radius 2 is 1.55 bits per heavy atom. The molecule has 0 bridgehead atoms. The highest BCUT2D eigenvalue weighted by Crippen LogP contribution is 2.02. The van der Waals surface area contributed by atoms with Crippen molar-refractivity contribution in [2.45, 2.75) is 33.5 Å². The summed E-state index contributed by atoms with van der Waals surface area (Å²) in [5.41, 5.74) is 6.22.